The normalized spacial score (nSPS) is 18.9. The number of nitrogens with zero attached hydrogens (tertiary/aromatic N) is 2. The highest BCUT2D eigenvalue weighted by Crippen LogP contribution is 2.42. The van der Waals surface area contributed by atoms with Gasteiger partial charge < -0.3 is 10.3 Å². The average molecular weight is 344 g/mol. The average Bonchev–Trinajstić information content (AvgIpc) is 2.69. The van der Waals surface area contributed by atoms with Crippen LogP contribution in [0.4, 0.5) is 11.4 Å². The van der Waals surface area contributed by atoms with E-state index in [9.17, 15) is 10.1 Å². The summed E-state index contributed by atoms with van der Waals surface area (Å²) < 4.78 is 0.881. The SMILES string of the molecule is CCC1=CC(=C2C=C(CC)c3ccccc3[N+]2=O)N([O-])c2ccccc21. The molecule has 0 aliphatic carbocycles. The monoisotopic (exact) mass is 344 g/mol. The van der Waals surface area contributed by atoms with Crippen LogP contribution in [0.3, 0.4) is 0 Å². The van der Waals surface area contributed by atoms with Crippen molar-refractivity contribution in [1.29, 1.82) is 0 Å². The first-order valence-electron chi connectivity index (χ1n) is 8.94. The van der Waals surface area contributed by atoms with E-state index in [0.717, 1.165) is 44.9 Å². The van der Waals surface area contributed by atoms with E-state index in [4.69, 9.17) is 0 Å². The Bertz CT molecular complexity index is 999. The summed E-state index contributed by atoms with van der Waals surface area (Å²) in [6, 6.07) is 15.1. The second-order valence-electron chi connectivity index (χ2n) is 6.44. The Hall–Kier alpha value is -2.98. The van der Waals surface area contributed by atoms with Crippen molar-refractivity contribution in [3.63, 3.8) is 0 Å². The zero-order chi connectivity index (χ0) is 18.3. The Kier molecular flexibility index (Phi) is 4.05. The molecule has 4 nitrogen and oxygen atoms in total. The van der Waals surface area contributed by atoms with Gasteiger partial charge in [-0.3, -0.25) is 0 Å². The molecule has 0 saturated carbocycles. The molecule has 0 N–H and O–H groups in total. The lowest BCUT2D eigenvalue weighted by Crippen LogP contribution is -2.23. The van der Waals surface area contributed by atoms with Crippen molar-refractivity contribution in [1.82, 2.24) is 0 Å². The van der Waals surface area contributed by atoms with Gasteiger partial charge in [0, 0.05) is 28.3 Å². The van der Waals surface area contributed by atoms with Crippen LogP contribution in [0.5, 0.6) is 0 Å². The smallest absolute Gasteiger partial charge is 0.286 e. The highest BCUT2D eigenvalue weighted by molar-refractivity contribution is 5.86. The summed E-state index contributed by atoms with van der Waals surface area (Å²) in [5.41, 5.74) is 5.97. The molecule has 4 rings (SSSR count). The lowest BCUT2D eigenvalue weighted by Gasteiger charge is -2.37. The number of allylic oxidation sites excluding steroid dienone is 4. The van der Waals surface area contributed by atoms with Gasteiger partial charge in [-0.15, -0.1) is 0 Å². The van der Waals surface area contributed by atoms with Crippen LogP contribution in [0, 0.1) is 10.1 Å². The van der Waals surface area contributed by atoms with Crippen LogP contribution in [0.1, 0.15) is 37.8 Å². The van der Waals surface area contributed by atoms with Crippen LogP contribution < -0.4 is 5.06 Å². The fraction of sp³-hybridized carbons (Fsp3) is 0.182. The molecule has 2 aromatic rings. The van der Waals surface area contributed by atoms with Gasteiger partial charge in [-0.2, -0.15) is 0 Å². The van der Waals surface area contributed by atoms with Gasteiger partial charge in [-0.05, 0) is 42.2 Å². The Morgan fingerprint density at radius 3 is 2.23 bits per heavy atom. The Balaban J connectivity index is 1.96. The highest BCUT2D eigenvalue weighted by Gasteiger charge is 2.34. The van der Waals surface area contributed by atoms with Crippen LogP contribution in [0.15, 0.2) is 72.1 Å². The predicted molar refractivity (Wildman–Crippen MR) is 106 cm³/mol. The van der Waals surface area contributed by atoms with E-state index in [1.165, 1.54) is 0 Å². The van der Waals surface area contributed by atoms with Crippen LogP contribution in [0.2, 0.25) is 0 Å². The molecule has 0 spiro atoms. The Morgan fingerprint density at radius 1 is 0.885 bits per heavy atom. The molecule has 0 atom stereocenters. The van der Waals surface area contributed by atoms with E-state index in [-0.39, 0.29) is 0 Å². The van der Waals surface area contributed by atoms with Gasteiger partial charge in [-0.1, -0.05) is 44.2 Å². The van der Waals surface area contributed by atoms with E-state index >= 15 is 0 Å². The first kappa shape index (κ1) is 16.5. The lowest BCUT2D eigenvalue weighted by atomic mass is 9.93. The molecule has 2 aliphatic heterocycles. The molecule has 0 unspecified atom stereocenters. The number of hydroxylamine groups is 1. The molecule has 4 heteroatoms. The number of rotatable bonds is 2. The van der Waals surface area contributed by atoms with Crippen molar-refractivity contribution in [2.75, 3.05) is 5.06 Å². The molecule has 0 aromatic heterocycles. The van der Waals surface area contributed by atoms with Gasteiger partial charge in [-0.25, -0.2) is 0 Å². The van der Waals surface area contributed by atoms with Gasteiger partial charge in [0.2, 0.25) is 0 Å². The molecule has 0 fully saturated rings. The minimum atomic E-state index is 0.399. The van der Waals surface area contributed by atoms with Crippen LogP contribution in [0.25, 0.3) is 11.1 Å². The molecule has 130 valence electrons. The quantitative estimate of drug-likeness (QED) is 0.635. The van der Waals surface area contributed by atoms with Crippen molar-refractivity contribution in [3.8, 4) is 0 Å². The number of para-hydroxylation sites is 2. The number of benzene rings is 2. The summed E-state index contributed by atoms with van der Waals surface area (Å²) in [6.07, 6.45) is 5.30. The predicted octanol–water partition coefficient (Wildman–Crippen LogP) is 5.93. The topological polar surface area (TPSA) is 46.4 Å². The second-order valence-corrected chi connectivity index (χ2v) is 6.44. The summed E-state index contributed by atoms with van der Waals surface area (Å²) in [5, 5.41) is 13.9. The minimum Gasteiger partial charge on any atom is -0.754 e. The van der Waals surface area contributed by atoms with Gasteiger partial charge in [0.15, 0.2) is 0 Å². The molecule has 0 radical (unpaired) electrons. The third-order valence-electron chi connectivity index (χ3n) is 5.02. The van der Waals surface area contributed by atoms with Crippen molar-refractivity contribution < 1.29 is 4.76 Å². The standard InChI is InChI=1S/C22H20N2O2/c1-3-15-13-21(23(25)19-11-7-5-9-17(15)19)22-14-16(4-2)18-10-6-8-12-20(18)24(22)26/h5-14H,3-4H2,1-2H3. The Morgan fingerprint density at radius 2 is 1.50 bits per heavy atom. The maximum Gasteiger partial charge on any atom is 0.286 e. The third-order valence-corrected chi connectivity index (χ3v) is 5.02. The maximum atomic E-state index is 13.0. The van der Waals surface area contributed by atoms with Gasteiger partial charge in [0.05, 0.1) is 10.3 Å². The van der Waals surface area contributed by atoms with Crippen molar-refractivity contribution in [2.24, 2.45) is 0 Å². The molecule has 2 heterocycles. The first-order valence-corrected chi connectivity index (χ1v) is 8.94. The first-order chi connectivity index (χ1) is 12.7. The molecule has 0 bridgehead atoms. The van der Waals surface area contributed by atoms with E-state index in [2.05, 4.69) is 13.8 Å². The zero-order valence-electron chi connectivity index (χ0n) is 14.9. The van der Waals surface area contributed by atoms with Crippen LogP contribution >= 0.6 is 0 Å². The van der Waals surface area contributed by atoms with E-state index in [0.29, 0.717) is 22.8 Å². The summed E-state index contributed by atoms with van der Waals surface area (Å²) in [4.78, 5) is 13.0. The molecular formula is C22H20N2O2. The molecule has 0 amide bonds. The summed E-state index contributed by atoms with van der Waals surface area (Å²) >= 11 is 0. The largest absolute Gasteiger partial charge is 0.754 e. The Labute approximate surface area is 152 Å². The van der Waals surface area contributed by atoms with E-state index in [1.54, 1.807) is 0 Å². The maximum absolute atomic E-state index is 13.0. The number of anilines is 1. The number of nitroso groups, excluding NO2 is 1. The van der Waals surface area contributed by atoms with E-state index in [1.807, 2.05) is 60.7 Å². The molecular weight excluding hydrogens is 324 g/mol. The summed E-state index contributed by atoms with van der Waals surface area (Å²) in [7, 11) is 0. The third kappa shape index (κ3) is 2.42. The van der Waals surface area contributed by atoms with Crippen molar-refractivity contribution in [3.05, 3.63) is 93.3 Å². The molecule has 0 saturated heterocycles. The molecule has 26 heavy (non-hydrogen) atoms. The van der Waals surface area contributed by atoms with Crippen molar-refractivity contribution in [2.45, 2.75) is 26.7 Å². The summed E-state index contributed by atoms with van der Waals surface area (Å²) in [5.74, 6) is 0. The highest BCUT2D eigenvalue weighted by atomic mass is 16.5. The number of hydrogen-bond donors (Lipinski definition) is 0. The summed E-state index contributed by atoms with van der Waals surface area (Å²) in [6.45, 7) is 4.12. The number of fused-ring (bicyclic) bond motifs is 2. The van der Waals surface area contributed by atoms with Gasteiger partial charge in [0.1, 0.15) is 5.70 Å². The van der Waals surface area contributed by atoms with Crippen LogP contribution in [-0.4, -0.2) is 4.76 Å². The van der Waals surface area contributed by atoms with Gasteiger partial charge in [0.25, 0.3) is 11.4 Å². The zero-order valence-corrected chi connectivity index (χ0v) is 14.9. The second kappa shape index (κ2) is 6.39. The number of hydrogen-bond acceptors (Lipinski definition) is 3. The van der Waals surface area contributed by atoms with Crippen molar-refractivity contribution >= 4 is 22.5 Å². The fourth-order valence-electron chi connectivity index (χ4n) is 3.65. The lowest BCUT2D eigenvalue weighted by molar-refractivity contribution is -0.403. The van der Waals surface area contributed by atoms with Gasteiger partial charge >= 0.3 is 0 Å². The van der Waals surface area contributed by atoms with E-state index < -0.39 is 0 Å². The molecule has 2 aliphatic rings. The fourth-order valence-corrected chi connectivity index (χ4v) is 3.65. The van der Waals surface area contributed by atoms with Crippen LogP contribution in [-0.2, 0) is 0 Å². The minimum absolute atomic E-state index is 0.399. The molecule has 2 aromatic carbocycles.